The summed E-state index contributed by atoms with van der Waals surface area (Å²) in [5, 5.41) is 9.24. The van der Waals surface area contributed by atoms with Crippen LogP contribution in [0.4, 0.5) is 0 Å². The molecule has 1 aliphatic rings. The molecule has 0 radical (unpaired) electrons. The number of rotatable bonds is 3. The lowest BCUT2D eigenvalue weighted by atomic mass is 10.1. The second kappa shape index (κ2) is 5.00. The van der Waals surface area contributed by atoms with Crippen LogP contribution in [-0.4, -0.2) is 25.1 Å². The minimum absolute atomic E-state index is 0.103. The Morgan fingerprint density at radius 3 is 2.38 bits per heavy atom. The van der Waals surface area contributed by atoms with Gasteiger partial charge in [-0.2, -0.15) is 5.26 Å². The quantitative estimate of drug-likeness (QED) is 0.778. The molecule has 0 bridgehead atoms. The number of ether oxygens (including phenoxy) is 1. The summed E-state index contributed by atoms with van der Waals surface area (Å²) in [5.74, 6) is 0.835. The summed E-state index contributed by atoms with van der Waals surface area (Å²) in [7, 11) is 1.65. The molecule has 3 heteroatoms. The van der Waals surface area contributed by atoms with Gasteiger partial charge in [-0.1, -0.05) is 12.1 Å². The third-order valence-electron chi connectivity index (χ3n) is 3.06. The van der Waals surface area contributed by atoms with Crippen molar-refractivity contribution < 1.29 is 4.74 Å². The summed E-state index contributed by atoms with van der Waals surface area (Å²) in [6, 6.07) is 10.1. The lowest BCUT2D eigenvalue weighted by Gasteiger charge is -2.21. The second-order valence-electron chi connectivity index (χ2n) is 4.05. The van der Waals surface area contributed by atoms with Gasteiger partial charge >= 0.3 is 0 Å². The third-order valence-corrected chi connectivity index (χ3v) is 3.06. The largest absolute Gasteiger partial charge is 0.497 e. The summed E-state index contributed by atoms with van der Waals surface area (Å²) in [4.78, 5) is 2.24. The second-order valence-corrected chi connectivity index (χ2v) is 4.05. The molecule has 2 rings (SSSR count). The Morgan fingerprint density at radius 1 is 1.25 bits per heavy atom. The van der Waals surface area contributed by atoms with E-state index in [1.165, 1.54) is 12.8 Å². The van der Waals surface area contributed by atoms with E-state index in [4.69, 9.17) is 4.74 Å². The summed E-state index contributed by atoms with van der Waals surface area (Å²) in [6.07, 6.45) is 2.41. The number of hydrogen-bond donors (Lipinski definition) is 0. The maximum atomic E-state index is 9.24. The predicted molar refractivity (Wildman–Crippen MR) is 62.2 cm³/mol. The Balaban J connectivity index is 2.16. The Labute approximate surface area is 96.2 Å². The van der Waals surface area contributed by atoms with Crippen LogP contribution in [0.15, 0.2) is 24.3 Å². The normalized spacial score (nSPS) is 18.0. The maximum absolute atomic E-state index is 9.24. The van der Waals surface area contributed by atoms with Crippen LogP contribution in [0.5, 0.6) is 5.75 Å². The third kappa shape index (κ3) is 2.17. The van der Waals surface area contributed by atoms with Gasteiger partial charge in [-0.15, -0.1) is 0 Å². The molecule has 84 valence electrons. The highest BCUT2D eigenvalue weighted by atomic mass is 16.5. The van der Waals surface area contributed by atoms with E-state index in [-0.39, 0.29) is 6.04 Å². The van der Waals surface area contributed by atoms with Crippen molar-refractivity contribution in [2.75, 3.05) is 20.2 Å². The van der Waals surface area contributed by atoms with Crippen LogP contribution < -0.4 is 4.74 Å². The molecule has 0 aliphatic carbocycles. The molecule has 1 aromatic rings. The smallest absolute Gasteiger partial charge is 0.123 e. The van der Waals surface area contributed by atoms with Crippen LogP contribution in [0, 0.1) is 11.3 Å². The summed E-state index contributed by atoms with van der Waals surface area (Å²) in [6.45, 7) is 2.06. The van der Waals surface area contributed by atoms with Crippen molar-refractivity contribution in [3.8, 4) is 11.8 Å². The Morgan fingerprint density at radius 2 is 1.88 bits per heavy atom. The van der Waals surface area contributed by atoms with Gasteiger partial charge in [0, 0.05) is 0 Å². The monoisotopic (exact) mass is 216 g/mol. The molecule has 0 saturated carbocycles. The molecule has 1 fully saturated rings. The lowest BCUT2D eigenvalue weighted by molar-refractivity contribution is 0.294. The van der Waals surface area contributed by atoms with Crippen molar-refractivity contribution in [1.82, 2.24) is 4.90 Å². The van der Waals surface area contributed by atoms with E-state index in [1.807, 2.05) is 24.3 Å². The number of hydrogen-bond acceptors (Lipinski definition) is 3. The molecule has 1 saturated heterocycles. The highest BCUT2D eigenvalue weighted by molar-refractivity contribution is 5.31. The maximum Gasteiger partial charge on any atom is 0.123 e. The first-order chi connectivity index (χ1) is 7.85. The minimum atomic E-state index is -0.103. The standard InChI is InChI=1S/C13H16N2O/c1-16-12-6-4-11(5-7-12)13(10-14)15-8-2-3-9-15/h4-7,13H,2-3,8-9H2,1H3. The van der Waals surface area contributed by atoms with Gasteiger partial charge in [0.25, 0.3) is 0 Å². The molecule has 16 heavy (non-hydrogen) atoms. The number of benzene rings is 1. The van der Waals surface area contributed by atoms with Gasteiger partial charge < -0.3 is 4.74 Å². The zero-order valence-electron chi connectivity index (χ0n) is 9.52. The minimum Gasteiger partial charge on any atom is -0.497 e. The fourth-order valence-electron chi connectivity index (χ4n) is 2.15. The van der Waals surface area contributed by atoms with Gasteiger partial charge in [0.2, 0.25) is 0 Å². The summed E-state index contributed by atoms with van der Waals surface area (Å²) < 4.78 is 5.11. The van der Waals surface area contributed by atoms with Crippen molar-refractivity contribution in [1.29, 1.82) is 5.26 Å². The Hall–Kier alpha value is -1.53. The van der Waals surface area contributed by atoms with E-state index >= 15 is 0 Å². The van der Waals surface area contributed by atoms with E-state index in [9.17, 15) is 5.26 Å². The zero-order valence-corrected chi connectivity index (χ0v) is 9.52. The number of nitriles is 1. The van der Waals surface area contributed by atoms with Crippen molar-refractivity contribution >= 4 is 0 Å². The molecule has 0 amide bonds. The SMILES string of the molecule is COc1ccc(C(C#N)N2CCCC2)cc1. The zero-order chi connectivity index (χ0) is 11.4. The van der Waals surface area contributed by atoms with E-state index < -0.39 is 0 Å². The number of methoxy groups -OCH3 is 1. The van der Waals surface area contributed by atoms with Gasteiger partial charge in [0.1, 0.15) is 11.8 Å². The van der Waals surface area contributed by atoms with Crippen LogP contribution in [-0.2, 0) is 0 Å². The first-order valence-electron chi connectivity index (χ1n) is 5.63. The highest BCUT2D eigenvalue weighted by Crippen LogP contribution is 2.25. The van der Waals surface area contributed by atoms with Gasteiger partial charge in [-0.25, -0.2) is 0 Å². The molecule has 0 spiro atoms. The van der Waals surface area contributed by atoms with Crippen molar-refractivity contribution in [2.24, 2.45) is 0 Å². The Bertz CT molecular complexity index is 374. The average molecular weight is 216 g/mol. The van der Waals surface area contributed by atoms with Crippen molar-refractivity contribution in [2.45, 2.75) is 18.9 Å². The summed E-state index contributed by atoms with van der Waals surface area (Å²) in [5.41, 5.74) is 1.06. The number of likely N-dealkylation sites (tertiary alicyclic amines) is 1. The van der Waals surface area contributed by atoms with Crippen molar-refractivity contribution in [3.63, 3.8) is 0 Å². The Kier molecular flexibility index (Phi) is 3.43. The molecule has 1 aromatic carbocycles. The molecule has 3 nitrogen and oxygen atoms in total. The number of nitrogens with zero attached hydrogens (tertiary/aromatic N) is 2. The average Bonchev–Trinajstić information content (AvgIpc) is 2.85. The fraction of sp³-hybridized carbons (Fsp3) is 0.462. The van der Waals surface area contributed by atoms with Crippen LogP contribution in [0.3, 0.4) is 0 Å². The highest BCUT2D eigenvalue weighted by Gasteiger charge is 2.22. The molecule has 1 heterocycles. The molecule has 1 unspecified atom stereocenters. The summed E-state index contributed by atoms with van der Waals surface area (Å²) >= 11 is 0. The fourth-order valence-corrected chi connectivity index (χ4v) is 2.15. The topological polar surface area (TPSA) is 36.3 Å². The van der Waals surface area contributed by atoms with Gasteiger partial charge in [0.15, 0.2) is 0 Å². The molecule has 0 N–H and O–H groups in total. The van der Waals surface area contributed by atoms with Crippen LogP contribution in [0.2, 0.25) is 0 Å². The van der Waals surface area contributed by atoms with Crippen LogP contribution in [0.25, 0.3) is 0 Å². The molecular formula is C13H16N2O. The molecule has 1 atom stereocenters. The van der Waals surface area contributed by atoms with Gasteiger partial charge in [-0.05, 0) is 43.6 Å². The molecular weight excluding hydrogens is 200 g/mol. The van der Waals surface area contributed by atoms with E-state index in [0.29, 0.717) is 0 Å². The van der Waals surface area contributed by atoms with E-state index in [1.54, 1.807) is 7.11 Å². The molecule has 0 aromatic heterocycles. The van der Waals surface area contributed by atoms with Crippen LogP contribution >= 0.6 is 0 Å². The predicted octanol–water partition coefficient (Wildman–Crippen LogP) is 2.36. The first-order valence-corrected chi connectivity index (χ1v) is 5.63. The first kappa shape index (κ1) is 11.0. The van der Waals surface area contributed by atoms with E-state index in [2.05, 4.69) is 11.0 Å². The van der Waals surface area contributed by atoms with Crippen LogP contribution in [0.1, 0.15) is 24.4 Å². The van der Waals surface area contributed by atoms with E-state index in [0.717, 1.165) is 24.4 Å². The van der Waals surface area contributed by atoms with Crippen molar-refractivity contribution in [3.05, 3.63) is 29.8 Å². The lowest BCUT2D eigenvalue weighted by Crippen LogP contribution is -2.24. The van der Waals surface area contributed by atoms with Gasteiger partial charge in [-0.3, -0.25) is 4.90 Å². The molecule has 1 aliphatic heterocycles. The van der Waals surface area contributed by atoms with Gasteiger partial charge in [0.05, 0.1) is 13.2 Å².